The molecule has 1 heterocycles. The molecular weight excluding hydrogens is 166 g/mol. The molecule has 0 amide bonds. The monoisotopic (exact) mass is 183 g/mol. The Morgan fingerprint density at radius 1 is 1.54 bits per heavy atom. The second kappa shape index (κ2) is 5.98. The van der Waals surface area contributed by atoms with Crippen LogP contribution in [0, 0.1) is 12.3 Å². The fourth-order valence-corrected chi connectivity index (χ4v) is 1.26. The molecule has 3 heteroatoms. The quantitative estimate of drug-likeness (QED) is 0.638. The second-order valence-electron chi connectivity index (χ2n) is 3.08. The van der Waals surface area contributed by atoms with Gasteiger partial charge in [0.25, 0.3) is 0 Å². The van der Waals surface area contributed by atoms with Gasteiger partial charge in [-0.1, -0.05) is 12.8 Å². The molecule has 74 valence electrons. The molecule has 0 aromatic heterocycles. The van der Waals surface area contributed by atoms with E-state index >= 15 is 0 Å². The summed E-state index contributed by atoms with van der Waals surface area (Å²) in [6.07, 6.45) is 7.10. The Hall–Kier alpha value is -0.560. The third-order valence-electron chi connectivity index (χ3n) is 1.96. The lowest BCUT2D eigenvalue weighted by molar-refractivity contribution is -0.0494. The molecule has 1 rings (SSSR count). The van der Waals surface area contributed by atoms with E-state index in [1.807, 2.05) is 0 Å². The van der Waals surface area contributed by atoms with Crippen LogP contribution in [0.1, 0.15) is 19.8 Å². The van der Waals surface area contributed by atoms with Crippen LogP contribution in [0.4, 0.5) is 0 Å². The minimum atomic E-state index is -0.106. The lowest BCUT2D eigenvalue weighted by Gasteiger charge is -2.15. The highest BCUT2D eigenvalue weighted by atomic mass is 16.7. The molecule has 0 radical (unpaired) electrons. The van der Waals surface area contributed by atoms with Crippen molar-refractivity contribution in [2.24, 2.45) is 0 Å². The number of terminal acetylenes is 1. The number of hydrogen-bond donors (Lipinski definition) is 1. The van der Waals surface area contributed by atoms with E-state index in [1.54, 1.807) is 0 Å². The summed E-state index contributed by atoms with van der Waals surface area (Å²) >= 11 is 0. The Morgan fingerprint density at radius 2 is 2.23 bits per heavy atom. The summed E-state index contributed by atoms with van der Waals surface area (Å²) in [6.45, 7) is 4.44. The lowest BCUT2D eigenvalue weighted by Crippen LogP contribution is -2.32. The Labute approximate surface area is 79.8 Å². The summed E-state index contributed by atoms with van der Waals surface area (Å²) in [6, 6.07) is 0.0723. The molecule has 1 aliphatic heterocycles. The summed E-state index contributed by atoms with van der Waals surface area (Å²) in [5.41, 5.74) is 0. The first-order chi connectivity index (χ1) is 6.36. The maximum absolute atomic E-state index is 5.37. The van der Waals surface area contributed by atoms with Crippen molar-refractivity contribution in [1.29, 1.82) is 0 Å². The molecule has 1 N–H and O–H groups in total. The topological polar surface area (TPSA) is 30.5 Å². The van der Waals surface area contributed by atoms with Crippen LogP contribution in [0.5, 0.6) is 0 Å². The van der Waals surface area contributed by atoms with Gasteiger partial charge in [0.2, 0.25) is 0 Å². The largest absolute Gasteiger partial charge is 0.350 e. The molecule has 1 unspecified atom stereocenters. The molecule has 13 heavy (non-hydrogen) atoms. The first kappa shape index (κ1) is 10.5. The third-order valence-corrected chi connectivity index (χ3v) is 1.96. The predicted molar refractivity (Wildman–Crippen MR) is 51.2 cm³/mol. The van der Waals surface area contributed by atoms with Gasteiger partial charge < -0.3 is 14.8 Å². The minimum Gasteiger partial charge on any atom is -0.350 e. The molecule has 3 nitrogen and oxygen atoms in total. The van der Waals surface area contributed by atoms with Crippen molar-refractivity contribution in [2.45, 2.75) is 32.1 Å². The van der Waals surface area contributed by atoms with E-state index in [9.17, 15) is 0 Å². The highest BCUT2D eigenvalue weighted by molar-refractivity contribution is 4.99. The van der Waals surface area contributed by atoms with Gasteiger partial charge in [-0.05, 0) is 13.0 Å². The van der Waals surface area contributed by atoms with Crippen LogP contribution >= 0.6 is 0 Å². The molecule has 1 fully saturated rings. The van der Waals surface area contributed by atoms with E-state index in [0.29, 0.717) is 13.2 Å². The summed E-state index contributed by atoms with van der Waals surface area (Å²) < 4.78 is 10.6. The smallest absolute Gasteiger partial charge is 0.160 e. The number of ether oxygens (including phenoxy) is 2. The van der Waals surface area contributed by atoms with Crippen LogP contribution in [0.25, 0.3) is 0 Å². The third kappa shape index (κ3) is 3.77. The van der Waals surface area contributed by atoms with Gasteiger partial charge >= 0.3 is 0 Å². The maximum Gasteiger partial charge on any atom is 0.160 e. The van der Waals surface area contributed by atoms with E-state index in [2.05, 4.69) is 18.2 Å². The van der Waals surface area contributed by atoms with Crippen molar-refractivity contribution in [1.82, 2.24) is 5.32 Å². The highest BCUT2D eigenvalue weighted by Gasteiger charge is 2.19. The molecular formula is C10H17NO2. The minimum absolute atomic E-state index is 0.0723. The second-order valence-corrected chi connectivity index (χ2v) is 3.08. The fourth-order valence-electron chi connectivity index (χ4n) is 1.26. The molecule has 1 aliphatic rings. The summed E-state index contributed by atoms with van der Waals surface area (Å²) in [5.74, 6) is 2.69. The van der Waals surface area contributed by atoms with Crippen molar-refractivity contribution in [3.8, 4) is 12.3 Å². The molecule has 1 saturated heterocycles. The van der Waals surface area contributed by atoms with Gasteiger partial charge in [0.1, 0.15) is 0 Å². The Bertz CT molecular complexity index is 170. The maximum atomic E-state index is 5.37. The standard InChI is InChI=1S/C10H17NO2/c1-3-5-11-9(4-2)8-10-12-6-7-13-10/h2,9-11H,3,5-8H2,1H3. The van der Waals surface area contributed by atoms with Crippen molar-refractivity contribution < 1.29 is 9.47 Å². The summed E-state index contributed by atoms with van der Waals surface area (Å²) in [7, 11) is 0. The zero-order chi connectivity index (χ0) is 9.52. The van der Waals surface area contributed by atoms with E-state index in [0.717, 1.165) is 19.4 Å². The molecule has 0 bridgehead atoms. The fraction of sp³-hybridized carbons (Fsp3) is 0.800. The normalized spacial score (nSPS) is 20.0. The van der Waals surface area contributed by atoms with Gasteiger partial charge in [0, 0.05) is 6.42 Å². The van der Waals surface area contributed by atoms with Gasteiger partial charge in [-0.3, -0.25) is 0 Å². The molecule has 0 spiro atoms. The lowest BCUT2D eigenvalue weighted by atomic mass is 10.2. The van der Waals surface area contributed by atoms with Crippen LogP contribution in [-0.4, -0.2) is 32.1 Å². The molecule has 1 atom stereocenters. The van der Waals surface area contributed by atoms with Gasteiger partial charge in [0.05, 0.1) is 19.3 Å². The Kier molecular flexibility index (Phi) is 4.84. The van der Waals surface area contributed by atoms with Gasteiger partial charge in [-0.2, -0.15) is 0 Å². The molecule has 0 saturated carbocycles. The predicted octanol–water partition coefficient (Wildman–Crippen LogP) is 0.751. The molecule has 0 aromatic carbocycles. The molecule has 0 aromatic rings. The average molecular weight is 183 g/mol. The van der Waals surface area contributed by atoms with E-state index in [4.69, 9.17) is 15.9 Å². The van der Waals surface area contributed by atoms with Crippen molar-refractivity contribution in [2.75, 3.05) is 19.8 Å². The van der Waals surface area contributed by atoms with Crippen molar-refractivity contribution in [3.63, 3.8) is 0 Å². The van der Waals surface area contributed by atoms with Gasteiger partial charge in [-0.25, -0.2) is 0 Å². The Morgan fingerprint density at radius 3 is 2.77 bits per heavy atom. The van der Waals surface area contributed by atoms with Crippen LogP contribution in [0.15, 0.2) is 0 Å². The van der Waals surface area contributed by atoms with Crippen LogP contribution in [0.2, 0.25) is 0 Å². The van der Waals surface area contributed by atoms with Crippen LogP contribution in [-0.2, 0) is 9.47 Å². The van der Waals surface area contributed by atoms with E-state index in [1.165, 1.54) is 0 Å². The average Bonchev–Trinajstić information content (AvgIpc) is 2.64. The zero-order valence-electron chi connectivity index (χ0n) is 8.08. The van der Waals surface area contributed by atoms with Crippen LogP contribution in [0.3, 0.4) is 0 Å². The summed E-state index contributed by atoms with van der Waals surface area (Å²) in [5, 5.41) is 3.25. The number of hydrogen-bond acceptors (Lipinski definition) is 3. The van der Waals surface area contributed by atoms with Crippen molar-refractivity contribution >= 4 is 0 Å². The summed E-state index contributed by atoms with van der Waals surface area (Å²) in [4.78, 5) is 0. The molecule has 0 aliphatic carbocycles. The first-order valence-electron chi connectivity index (χ1n) is 4.79. The number of nitrogens with one attached hydrogen (secondary N) is 1. The van der Waals surface area contributed by atoms with Crippen molar-refractivity contribution in [3.05, 3.63) is 0 Å². The first-order valence-corrected chi connectivity index (χ1v) is 4.79. The van der Waals surface area contributed by atoms with E-state index < -0.39 is 0 Å². The van der Waals surface area contributed by atoms with Crippen LogP contribution < -0.4 is 5.32 Å². The van der Waals surface area contributed by atoms with E-state index in [-0.39, 0.29) is 12.3 Å². The zero-order valence-corrected chi connectivity index (χ0v) is 8.08. The Balaban J connectivity index is 2.18. The SMILES string of the molecule is C#CC(CC1OCCO1)NCCC. The van der Waals surface area contributed by atoms with Gasteiger partial charge in [-0.15, -0.1) is 6.42 Å². The van der Waals surface area contributed by atoms with Gasteiger partial charge in [0.15, 0.2) is 6.29 Å². The highest BCUT2D eigenvalue weighted by Crippen LogP contribution is 2.09. The number of rotatable bonds is 5.